The van der Waals surface area contributed by atoms with Crippen LogP contribution in [0.1, 0.15) is 104 Å². The summed E-state index contributed by atoms with van der Waals surface area (Å²) in [6, 6.07) is 0. The lowest BCUT2D eigenvalue weighted by Gasteiger charge is -2.27. The minimum Gasteiger partial charge on any atom is -0.384 e. The normalized spacial score (nSPS) is 16.1. The van der Waals surface area contributed by atoms with Gasteiger partial charge in [-0.3, -0.25) is 9.05 Å². The molecule has 1 N–H and O–H groups in total. The maximum Gasteiger partial charge on any atom is 0.473 e. The molecule has 3 atom stereocenters. The Balaban J connectivity index is 4.35. The van der Waals surface area contributed by atoms with E-state index in [-0.39, 0.29) is 19.0 Å². The Hall–Kier alpha value is -0.0200. The molecule has 218 valence electrons. The molecule has 36 heavy (non-hydrogen) atoms. The van der Waals surface area contributed by atoms with Crippen LogP contribution < -0.4 is 0 Å². The highest BCUT2D eigenvalue weighted by Gasteiger charge is 2.38. The van der Waals surface area contributed by atoms with Gasteiger partial charge in [0.1, 0.15) is 13.2 Å². The van der Waals surface area contributed by atoms with Crippen LogP contribution in [0.2, 0.25) is 0 Å². The van der Waals surface area contributed by atoms with Crippen molar-refractivity contribution >= 4 is 17.7 Å². The Morgan fingerprint density at radius 1 is 0.833 bits per heavy atom. The van der Waals surface area contributed by atoms with Crippen molar-refractivity contribution in [2.45, 2.75) is 109 Å². The Labute approximate surface area is 222 Å². The van der Waals surface area contributed by atoms with Gasteiger partial charge in [-0.1, -0.05) is 97.3 Å². The van der Waals surface area contributed by atoms with Gasteiger partial charge in [0.15, 0.2) is 15.3 Å². The summed E-state index contributed by atoms with van der Waals surface area (Å²) in [5, 5.41) is 0. The number of nitrogens with zero attached hydrogens (tertiary/aromatic N) is 1. The minimum absolute atomic E-state index is 0.0122. The fraction of sp³-hybridized carbons (Fsp3) is 1.00. The number of likely N-dealkylation sites (N-methyl/N-ethyl adjacent to an activating group) is 1. The lowest BCUT2D eigenvalue weighted by Crippen LogP contribution is -2.38. The van der Waals surface area contributed by atoms with Crippen LogP contribution in [0.5, 0.6) is 0 Å². The fourth-order valence-corrected chi connectivity index (χ4v) is 7.39. The molecule has 3 unspecified atom stereocenters. The summed E-state index contributed by atoms with van der Waals surface area (Å²) in [7, 11) is -1.05. The molecule has 0 radical (unpaired) electrons. The predicted molar refractivity (Wildman–Crippen MR) is 149 cm³/mol. The molecule has 8 nitrogen and oxygen atoms in total. The van der Waals surface area contributed by atoms with Crippen LogP contribution in [0.15, 0.2) is 0 Å². The minimum atomic E-state index is -4.53. The van der Waals surface area contributed by atoms with Crippen LogP contribution >= 0.6 is 7.82 Å². The lowest BCUT2D eigenvalue weighted by molar-refractivity contribution is -0.870. The van der Waals surface area contributed by atoms with Gasteiger partial charge in [0.05, 0.1) is 33.5 Å². The Morgan fingerprint density at radius 2 is 1.28 bits per heavy atom. The van der Waals surface area contributed by atoms with Gasteiger partial charge in [0.25, 0.3) is 0 Å². The monoisotopic (exact) mass is 558 g/mol. The first-order chi connectivity index (χ1) is 16.8. The van der Waals surface area contributed by atoms with E-state index in [9.17, 15) is 17.9 Å². The van der Waals surface area contributed by atoms with Crippen molar-refractivity contribution in [1.82, 2.24) is 0 Å². The van der Waals surface area contributed by atoms with E-state index in [1.807, 2.05) is 21.1 Å². The lowest BCUT2D eigenvalue weighted by atomic mass is 10.0. The summed E-state index contributed by atoms with van der Waals surface area (Å²) < 4.78 is 54.4. The molecule has 0 rings (SSSR count). The zero-order valence-corrected chi connectivity index (χ0v) is 25.8. The first kappa shape index (κ1) is 36.0. The van der Waals surface area contributed by atoms with Gasteiger partial charge in [-0.25, -0.2) is 13.0 Å². The second-order valence-electron chi connectivity index (χ2n) is 11.2. The van der Waals surface area contributed by atoms with Crippen molar-refractivity contribution in [1.29, 1.82) is 0 Å². The Morgan fingerprint density at radius 3 is 1.69 bits per heavy atom. The molecule has 0 saturated heterocycles. The molecule has 0 aromatic heterocycles. The molecule has 0 aromatic carbocycles. The van der Waals surface area contributed by atoms with Crippen molar-refractivity contribution in [3.63, 3.8) is 0 Å². The topological polar surface area (TPSA) is 99.1 Å². The molecule has 0 heterocycles. The van der Waals surface area contributed by atoms with Crippen molar-refractivity contribution in [3.05, 3.63) is 0 Å². The van der Waals surface area contributed by atoms with Gasteiger partial charge in [0.2, 0.25) is 0 Å². The summed E-state index contributed by atoms with van der Waals surface area (Å²) in [6.07, 6.45) is 16.6. The third-order valence-electron chi connectivity index (χ3n) is 6.28. The maximum absolute atomic E-state index is 13.0. The van der Waals surface area contributed by atoms with E-state index >= 15 is 0 Å². The second-order valence-corrected chi connectivity index (χ2v) is 14.8. The first-order valence-corrected chi connectivity index (χ1v) is 17.2. The van der Waals surface area contributed by atoms with Gasteiger partial charge in [-0.15, -0.1) is 0 Å². The number of rotatable bonds is 25. The van der Waals surface area contributed by atoms with Crippen LogP contribution in [0, 0.1) is 5.92 Å². The first-order valence-electron chi connectivity index (χ1n) is 14.0. The highest BCUT2D eigenvalue weighted by Crippen LogP contribution is 2.46. The standard InChI is InChI=1S/C26H56NO7PS/c1-7-8-9-10-11-12-13-14-15-16-17-18-19-20-23-36(30,31)26(25(2)24-32-6)34-35(28,29)33-22-21-27(3,4)5/h25-26H,7-24H2,1-6H3/p+1. The molecule has 0 aromatic rings. The van der Waals surface area contributed by atoms with E-state index in [0.717, 1.165) is 19.3 Å². The quantitative estimate of drug-likeness (QED) is 0.0794. The molecule has 0 fully saturated rings. The number of phosphoric ester groups is 1. The van der Waals surface area contributed by atoms with Gasteiger partial charge in [0, 0.05) is 13.0 Å². The summed E-state index contributed by atoms with van der Waals surface area (Å²) in [4.78, 5) is 10.2. The van der Waals surface area contributed by atoms with Crippen LogP contribution in [0.25, 0.3) is 0 Å². The summed E-state index contributed by atoms with van der Waals surface area (Å²) in [5.41, 5.74) is -1.45. The van der Waals surface area contributed by atoms with Crippen molar-refractivity contribution < 1.29 is 36.1 Å². The van der Waals surface area contributed by atoms with Crippen LogP contribution in [0.3, 0.4) is 0 Å². The van der Waals surface area contributed by atoms with E-state index in [4.69, 9.17) is 13.8 Å². The summed E-state index contributed by atoms with van der Waals surface area (Å²) >= 11 is 0. The zero-order chi connectivity index (χ0) is 27.5. The highest BCUT2D eigenvalue weighted by atomic mass is 32.2. The molecular formula is C26H57NO7PS+. The zero-order valence-electron chi connectivity index (χ0n) is 24.1. The molecule has 0 aliphatic rings. The third kappa shape index (κ3) is 20.0. The van der Waals surface area contributed by atoms with Gasteiger partial charge >= 0.3 is 7.82 Å². The van der Waals surface area contributed by atoms with Gasteiger partial charge in [-0.2, -0.15) is 0 Å². The number of phosphoric acid groups is 1. The molecule has 0 amide bonds. The molecular weight excluding hydrogens is 501 g/mol. The SMILES string of the molecule is CCCCCCCCCCCCCCCCS(=O)(=O)C(OP(=O)(O)OCC[N+](C)(C)C)C(C)COC. The largest absolute Gasteiger partial charge is 0.473 e. The van der Waals surface area contributed by atoms with Crippen molar-refractivity contribution in [2.24, 2.45) is 5.92 Å². The summed E-state index contributed by atoms with van der Waals surface area (Å²) in [5.74, 6) is -0.683. The Kier molecular flexibility index (Phi) is 20.0. The average molecular weight is 559 g/mol. The molecule has 0 spiro atoms. The average Bonchev–Trinajstić information content (AvgIpc) is 2.76. The number of quaternary nitrogens is 1. The van der Waals surface area contributed by atoms with Crippen LogP contribution in [-0.4, -0.2) is 77.0 Å². The van der Waals surface area contributed by atoms with E-state index in [0.29, 0.717) is 17.4 Å². The number of hydrogen-bond acceptors (Lipinski definition) is 6. The second kappa shape index (κ2) is 20.0. The Bertz CT molecular complexity index is 682. The van der Waals surface area contributed by atoms with Gasteiger partial charge in [-0.05, 0) is 6.42 Å². The van der Waals surface area contributed by atoms with Crippen LogP contribution in [-0.2, 0) is 28.2 Å². The smallest absolute Gasteiger partial charge is 0.384 e. The van der Waals surface area contributed by atoms with Crippen molar-refractivity contribution in [2.75, 3.05) is 53.8 Å². The van der Waals surface area contributed by atoms with E-state index in [1.165, 1.54) is 71.3 Å². The highest BCUT2D eigenvalue weighted by molar-refractivity contribution is 7.92. The molecule has 0 saturated carbocycles. The number of ether oxygens (including phenoxy) is 1. The molecule has 10 heteroatoms. The maximum atomic E-state index is 13.0. The van der Waals surface area contributed by atoms with E-state index in [2.05, 4.69) is 6.92 Å². The summed E-state index contributed by atoms with van der Waals surface area (Å²) in [6.45, 7) is 4.46. The molecule has 0 aliphatic heterocycles. The number of unbranched alkanes of at least 4 members (excludes halogenated alkanes) is 13. The predicted octanol–water partition coefficient (Wildman–Crippen LogP) is 6.33. The molecule has 0 aliphatic carbocycles. The van der Waals surface area contributed by atoms with Crippen LogP contribution in [0.4, 0.5) is 0 Å². The fourth-order valence-electron chi connectivity index (χ4n) is 4.07. The van der Waals surface area contributed by atoms with Crippen molar-refractivity contribution in [3.8, 4) is 0 Å². The number of sulfone groups is 1. The van der Waals surface area contributed by atoms with E-state index in [1.54, 1.807) is 6.92 Å². The molecule has 0 bridgehead atoms. The third-order valence-corrected chi connectivity index (χ3v) is 9.56. The van der Waals surface area contributed by atoms with E-state index < -0.39 is 29.0 Å². The van der Waals surface area contributed by atoms with Gasteiger partial charge < -0.3 is 14.1 Å². The number of hydrogen-bond donors (Lipinski definition) is 1. The number of methoxy groups -OCH3 is 1.